The van der Waals surface area contributed by atoms with E-state index in [1.807, 2.05) is 0 Å². The Balaban J connectivity index is 1.99. The third-order valence-corrected chi connectivity index (χ3v) is 3.19. The quantitative estimate of drug-likeness (QED) is 0.753. The van der Waals surface area contributed by atoms with E-state index in [1.165, 1.54) is 10.9 Å². The number of nitrogens with zero attached hydrogens (tertiary/aromatic N) is 2. The SMILES string of the molecule is Cc1cc(C(=O)NCc2ccco2)c2c(=O)[nH]n(C)c2n1. The minimum absolute atomic E-state index is 0.263. The number of hydrogen-bond donors (Lipinski definition) is 2. The van der Waals surface area contributed by atoms with E-state index in [0.29, 0.717) is 28.1 Å². The average Bonchev–Trinajstić information content (AvgIpc) is 3.05. The molecule has 0 fully saturated rings. The molecule has 0 spiro atoms. The van der Waals surface area contributed by atoms with Gasteiger partial charge in [0, 0.05) is 12.7 Å². The van der Waals surface area contributed by atoms with Crippen LogP contribution in [0.4, 0.5) is 0 Å². The number of fused-ring (bicyclic) bond motifs is 1. The molecule has 3 aromatic rings. The molecular weight excluding hydrogens is 272 g/mol. The predicted octanol–water partition coefficient (Wildman–Crippen LogP) is 1.09. The lowest BCUT2D eigenvalue weighted by atomic mass is 10.1. The zero-order chi connectivity index (χ0) is 15.0. The molecule has 0 saturated heterocycles. The van der Waals surface area contributed by atoms with E-state index in [1.54, 1.807) is 32.2 Å². The maximum absolute atomic E-state index is 12.3. The van der Waals surface area contributed by atoms with Crippen molar-refractivity contribution in [1.29, 1.82) is 0 Å². The van der Waals surface area contributed by atoms with Crippen LogP contribution in [0.2, 0.25) is 0 Å². The van der Waals surface area contributed by atoms with Crippen molar-refractivity contribution in [1.82, 2.24) is 20.1 Å². The summed E-state index contributed by atoms with van der Waals surface area (Å²) in [5.74, 6) is 0.311. The van der Waals surface area contributed by atoms with Gasteiger partial charge in [-0.2, -0.15) is 0 Å². The van der Waals surface area contributed by atoms with E-state index >= 15 is 0 Å². The first kappa shape index (κ1) is 13.2. The summed E-state index contributed by atoms with van der Waals surface area (Å²) in [6, 6.07) is 5.12. The number of aromatic nitrogens is 3. The average molecular weight is 286 g/mol. The van der Waals surface area contributed by atoms with Crippen LogP contribution in [0.3, 0.4) is 0 Å². The lowest BCUT2D eigenvalue weighted by molar-refractivity contribution is 0.0949. The summed E-state index contributed by atoms with van der Waals surface area (Å²) >= 11 is 0. The highest BCUT2D eigenvalue weighted by molar-refractivity contribution is 6.05. The highest BCUT2D eigenvalue weighted by atomic mass is 16.3. The number of nitrogens with one attached hydrogen (secondary N) is 2. The van der Waals surface area contributed by atoms with Crippen molar-refractivity contribution in [2.75, 3.05) is 0 Å². The van der Waals surface area contributed by atoms with Crippen molar-refractivity contribution >= 4 is 16.9 Å². The summed E-state index contributed by atoms with van der Waals surface area (Å²) in [5.41, 5.74) is 1.11. The predicted molar refractivity (Wildman–Crippen MR) is 75.9 cm³/mol. The molecule has 2 N–H and O–H groups in total. The molecule has 0 bridgehead atoms. The molecule has 0 aromatic carbocycles. The molecule has 3 heterocycles. The van der Waals surface area contributed by atoms with Gasteiger partial charge in [0.2, 0.25) is 0 Å². The van der Waals surface area contributed by atoms with Crippen LogP contribution in [-0.2, 0) is 13.6 Å². The van der Waals surface area contributed by atoms with Gasteiger partial charge in [0.15, 0.2) is 5.65 Å². The maximum atomic E-state index is 12.3. The van der Waals surface area contributed by atoms with Gasteiger partial charge >= 0.3 is 0 Å². The van der Waals surface area contributed by atoms with Crippen LogP contribution in [0.25, 0.3) is 11.0 Å². The van der Waals surface area contributed by atoms with Crippen LogP contribution in [0.5, 0.6) is 0 Å². The van der Waals surface area contributed by atoms with Gasteiger partial charge in [0.25, 0.3) is 11.5 Å². The molecule has 0 radical (unpaired) electrons. The van der Waals surface area contributed by atoms with E-state index in [-0.39, 0.29) is 18.0 Å². The van der Waals surface area contributed by atoms with Crippen LogP contribution < -0.4 is 10.9 Å². The first-order chi connectivity index (χ1) is 10.1. The van der Waals surface area contributed by atoms with Gasteiger partial charge in [-0.05, 0) is 25.1 Å². The lowest BCUT2D eigenvalue weighted by Gasteiger charge is -2.05. The van der Waals surface area contributed by atoms with Crippen molar-refractivity contribution < 1.29 is 9.21 Å². The van der Waals surface area contributed by atoms with Crippen LogP contribution in [0.1, 0.15) is 21.8 Å². The Morgan fingerprint density at radius 3 is 3.05 bits per heavy atom. The minimum Gasteiger partial charge on any atom is -0.467 e. The molecule has 108 valence electrons. The van der Waals surface area contributed by atoms with E-state index in [4.69, 9.17) is 4.42 Å². The third kappa shape index (κ3) is 2.33. The molecule has 0 aliphatic rings. The number of carbonyl (C=O) groups is 1. The number of pyridine rings is 1. The molecule has 0 atom stereocenters. The van der Waals surface area contributed by atoms with Gasteiger partial charge in [0.05, 0.1) is 23.8 Å². The topological polar surface area (TPSA) is 92.9 Å². The second kappa shape index (κ2) is 4.93. The highest BCUT2D eigenvalue weighted by Crippen LogP contribution is 2.14. The number of carbonyl (C=O) groups excluding carboxylic acids is 1. The van der Waals surface area contributed by atoms with E-state index < -0.39 is 0 Å². The summed E-state index contributed by atoms with van der Waals surface area (Å²) in [7, 11) is 1.68. The molecule has 7 heteroatoms. The largest absolute Gasteiger partial charge is 0.467 e. The number of aromatic amines is 1. The maximum Gasteiger partial charge on any atom is 0.274 e. The van der Waals surface area contributed by atoms with Gasteiger partial charge in [-0.25, -0.2) is 4.98 Å². The molecule has 0 aliphatic heterocycles. The van der Waals surface area contributed by atoms with E-state index in [9.17, 15) is 9.59 Å². The normalized spacial score (nSPS) is 11.0. The Morgan fingerprint density at radius 1 is 1.52 bits per heavy atom. The van der Waals surface area contributed by atoms with Crippen molar-refractivity contribution in [3.8, 4) is 0 Å². The number of furan rings is 1. The Bertz CT molecular complexity index is 858. The zero-order valence-electron chi connectivity index (χ0n) is 11.6. The molecule has 0 unspecified atom stereocenters. The van der Waals surface area contributed by atoms with E-state index in [2.05, 4.69) is 15.4 Å². The summed E-state index contributed by atoms with van der Waals surface area (Å²) in [5, 5.41) is 5.63. The Kier molecular flexibility index (Phi) is 3.09. The Labute approximate surface area is 119 Å². The van der Waals surface area contributed by atoms with E-state index in [0.717, 1.165) is 0 Å². The second-order valence-electron chi connectivity index (χ2n) is 4.77. The molecule has 0 saturated carbocycles. The number of rotatable bonds is 3. The van der Waals surface area contributed by atoms with Crippen molar-refractivity contribution in [2.24, 2.45) is 7.05 Å². The molecule has 0 aliphatic carbocycles. The monoisotopic (exact) mass is 286 g/mol. The van der Waals surface area contributed by atoms with Gasteiger partial charge in [0.1, 0.15) is 5.76 Å². The molecular formula is C14H14N4O3. The van der Waals surface area contributed by atoms with Gasteiger partial charge < -0.3 is 9.73 Å². The van der Waals surface area contributed by atoms with Gasteiger partial charge in [-0.1, -0.05) is 0 Å². The second-order valence-corrected chi connectivity index (χ2v) is 4.77. The van der Waals surface area contributed by atoms with Crippen LogP contribution in [0, 0.1) is 6.92 Å². The number of aryl methyl sites for hydroxylation is 2. The first-order valence-corrected chi connectivity index (χ1v) is 6.43. The summed E-state index contributed by atoms with van der Waals surface area (Å²) in [4.78, 5) is 28.6. The van der Waals surface area contributed by atoms with Crippen molar-refractivity contribution in [3.05, 3.63) is 51.8 Å². The van der Waals surface area contributed by atoms with Crippen LogP contribution in [-0.4, -0.2) is 20.7 Å². The lowest BCUT2D eigenvalue weighted by Crippen LogP contribution is -2.24. The molecule has 1 amide bonds. The Morgan fingerprint density at radius 2 is 2.33 bits per heavy atom. The number of amides is 1. The smallest absolute Gasteiger partial charge is 0.274 e. The van der Waals surface area contributed by atoms with Crippen molar-refractivity contribution in [3.63, 3.8) is 0 Å². The molecule has 3 rings (SSSR count). The molecule has 21 heavy (non-hydrogen) atoms. The highest BCUT2D eigenvalue weighted by Gasteiger charge is 2.17. The van der Waals surface area contributed by atoms with Crippen molar-refractivity contribution in [2.45, 2.75) is 13.5 Å². The van der Waals surface area contributed by atoms with Gasteiger partial charge in [-0.3, -0.25) is 19.4 Å². The Hall–Kier alpha value is -2.83. The van der Waals surface area contributed by atoms with Crippen LogP contribution in [0.15, 0.2) is 33.7 Å². The van der Waals surface area contributed by atoms with Crippen LogP contribution >= 0.6 is 0 Å². The summed E-state index contributed by atoms with van der Waals surface area (Å²) in [6.07, 6.45) is 1.54. The molecule has 7 nitrogen and oxygen atoms in total. The third-order valence-electron chi connectivity index (χ3n) is 3.19. The number of H-pyrrole nitrogens is 1. The minimum atomic E-state index is -0.335. The standard InChI is InChI=1S/C14H14N4O3/c1-8-6-10(11-12(16-8)18(2)17-14(11)20)13(19)15-7-9-4-3-5-21-9/h3-6H,7H2,1-2H3,(H,15,19)(H,17,20). The van der Waals surface area contributed by atoms with Gasteiger partial charge in [-0.15, -0.1) is 0 Å². The number of hydrogen-bond acceptors (Lipinski definition) is 4. The fraction of sp³-hybridized carbons (Fsp3) is 0.214. The fourth-order valence-electron chi connectivity index (χ4n) is 2.24. The summed E-state index contributed by atoms with van der Waals surface area (Å²) < 4.78 is 6.67. The fourth-order valence-corrected chi connectivity index (χ4v) is 2.24. The summed E-state index contributed by atoms with van der Waals surface area (Å²) in [6.45, 7) is 2.04. The first-order valence-electron chi connectivity index (χ1n) is 6.43. The molecule has 3 aromatic heterocycles. The zero-order valence-corrected chi connectivity index (χ0v) is 11.6.